The summed E-state index contributed by atoms with van der Waals surface area (Å²) < 4.78 is 49.1. The summed E-state index contributed by atoms with van der Waals surface area (Å²) in [5.41, 5.74) is 0. The van der Waals surface area contributed by atoms with Gasteiger partial charge in [0.05, 0.1) is 16.8 Å². The molecule has 0 aromatic heterocycles. The minimum absolute atomic E-state index is 0.00723. The highest BCUT2D eigenvalue weighted by Gasteiger charge is 2.39. The first kappa shape index (κ1) is 17.2. The maximum Gasteiger partial charge on any atom is 0.217 e. The lowest BCUT2D eigenvalue weighted by atomic mass is 10.2. The van der Waals surface area contributed by atoms with Gasteiger partial charge in [-0.05, 0) is 26.3 Å². The zero-order chi connectivity index (χ0) is 15.7. The van der Waals surface area contributed by atoms with E-state index in [1.807, 2.05) is 7.05 Å². The molecule has 0 aromatic rings. The van der Waals surface area contributed by atoms with Gasteiger partial charge in [-0.1, -0.05) is 12.8 Å². The largest absolute Gasteiger partial charge is 0.302 e. The lowest BCUT2D eigenvalue weighted by Crippen LogP contribution is -2.42. The molecule has 1 saturated heterocycles. The number of likely N-dealkylation sites (N-methyl/N-ethyl adjacent to an activating group) is 2. The molecule has 8 heteroatoms. The van der Waals surface area contributed by atoms with E-state index in [9.17, 15) is 16.8 Å². The van der Waals surface area contributed by atoms with Crippen LogP contribution in [0.5, 0.6) is 0 Å². The van der Waals surface area contributed by atoms with Gasteiger partial charge in [-0.3, -0.25) is 0 Å². The Morgan fingerprint density at radius 1 is 1.05 bits per heavy atom. The SMILES string of the molecule is CN(CCN(C)S(=O)(=O)C1CCS(=O)(=O)C1)C1CCCC1. The van der Waals surface area contributed by atoms with E-state index < -0.39 is 25.1 Å². The monoisotopic (exact) mass is 338 g/mol. The van der Waals surface area contributed by atoms with Crippen LogP contribution in [0.25, 0.3) is 0 Å². The van der Waals surface area contributed by atoms with Gasteiger partial charge >= 0.3 is 0 Å². The Bertz CT molecular complexity index is 553. The molecule has 0 radical (unpaired) electrons. The summed E-state index contributed by atoms with van der Waals surface area (Å²) in [6.45, 7) is 1.12. The van der Waals surface area contributed by atoms with Crippen molar-refractivity contribution in [2.75, 3.05) is 38.7 Å². The maximum atomic E-state index is 12.4. The number of hydrogen-bond donors (Lipinski definition) is 0. The van der Waals surface area contributed by atoms with Crippen molar-refractivity contribution in [1.29, 1.82) is 0 Å². The molecule has 2 aliphatic rings. The molecule has 0 spiro atoms. The Labute approximate surface area is 128 Å². The minimum Gasteiger partial charge on any atom is -0.302 e. The molecule has 2 rings (SSSR count). The van der Waals surface area contributed by atoms with Crippen LogP contribution in [0, 0.1) is 0 Å². The van der Waals surface area contributed by atoms with E-state index in [-0.39, 0.29) is 17.9 Å². The molecule has 0 N–H and O–H groups in total. The van der Waals surface area contributed by atoms with Gasteiger partial charge in [0, 0.05) is 26.2 Å². The van der Waals surface area contributed by atoms with Gasteiger partial charge in [0.1, 0.15) is 0 Å². The van der Waals surface area contributed by atoms with Crippen LogP contribution in [0.3, 0.4) is 0 Å². The average molecular weight is 338 g/mol. The van der Waals surface area contributed by atoms with Crippen LogP contribution in [0.2, 0.25) is 0 Å². The van der Waals surface area contributed by atoms with Gasteiger partial charge in [-0.15, -0.1) is 0 Å². The lowest BCUT2D eigenvalue weighted by molar-refractivity contribution is 0.232. The van der Waals surface area contributed by atoms with E-state index in [1.54, 1.807) is 7.05 Å². The zero-order valence-electron chi connectivity index (χ0n) is 12.9. The van der Waals surface area contributed by atoms with Crippen LogP contribution in [-0.2, 0) is 19.9 Å². The summed E-state index contributed by atoms with van der Waals surface area (Å²) in [4.78, 5) is 2.23. The molecule has 1 heterocycles. The molecule has 1 aliphatic heterocycles. The Hall–Kier alpha value is -0.180. The second kappa shape index (κ2) is 6.52. The number of rotatable bonds is 6. The van der Waals surface area contributed by atoms with Crippen LogP contribution in [-0.4, -0.2) is 76.0 Å². The molecule has 0 bridgehead atoms. The van der Waals surface area contributed by atoms with Crippen LogP contribution in [0.15, 0.2) is 0 Å². The van der Waals surface area contributed by atoms with E-state index in [0.717, 1.165) is 0 Å². The molecule has 124 valence electrons. The normalized spacial score (nSPS) is 27.0. The standard InChI is InChI=1S/C13H26N2O4S2/c1-14(12-5-3-4-6-12)8-9-15(2)21(18,19)13-7-10-20(16,17)11-13/h12-13H,3-11H2,1-2H3. The Balaban J connectivity index is 1.88. The molecule has 1 unspecified atom stereocenters. The molecule has 1 aliphatic carbocycles. The fourth-order valence-electron chi connectivity index (χ4n) is 3.20. The highest BCUT2D eigenvalue weighted by Crippen LogP contribution is 2.23. The summed E-state index contributed by atoms with van der Waals surface area (Å²) >= 11 is 0. The predicted octanol–water partition coefficient (Wildman–Crippen LogP) is 0.310. The second-order valence-electron chi connectivity index (χ2n) is 6.31. The third kappa shape index (κ3) is 4.18. The quantitative estimate of drug-likeness (QED) is 0.697. The third-order valence-corrected chi connectivity index (χ3v) is 9.04. The average Bonchev–Trinajstić information content (AvgIpc) is 3.04. The van der Waals surface area contributed by atoms with E-state index in [4.69, 9.17) is 0 Å². The topological polar surface area (TPSA) is 74.8 Å². The Kier molecular flexibility index (Phi) is 5.33. The molecule has 1 atom stereocenters. The first-order valence-corrected chi connectivity index (χ1v) is 10.9. The lowest BCUT2D eigenvalue weighted by Gasteiger charge is -2.27. The van der Waals surface area contributed by atoms with Gasteiger partial charge < -0.3 is 4.90 Å². The Morgan fingerprint density at radius 3 is 2.19 bits per heavy atom. The molecule has 0 amide bonds. The smallest absolute Gasteiger partial charge is 0.217 e. The van der Waals surface area contributed by atoms with E-state index in [0.29, 0.717) is 19.1 Å². The van der Waals surface area contributed by atoms with Crippen molar-refractivity contribution in [2.45, 2.75) is 43.4 Å². The summed E-state index contributed by atoms with van der Waals surface area (Å²) in [5.74, 6) is -0.231. The summed E-state index contributed by atoms with van der Waals surface area (Å²) in [7, 11) is -3.08. The van der Waals surface area contributed by atoms with Crippen LogP contribution >= 0.6 is 0 Å². The molecular weight excluding hydrogens is 312 g/mol. The van der Waals surface area contributed by atoms with E-state index >= 15 is 0 Å². The highest BCUT2D eigenvalue weighted by atomic mass is 32.2. The molecule has 21 heavy (non-hydrogen) atoms. The molecular formula is C13H26N2O4S2. The van der Waals surface area contributed by atoms with Crippen LogP contribution < -0.4 is 0 Å². The van der Waals surface area contributed by atoms with Gasteiger partial charge in [-0.25, -0.2) is 21.1 Å². The van der Waals surface area contributed by atoms with Crippen LogP contribution in [0.4, 0.5) is 0 Å². The van der Waals surface area contributed by atoms with Crippen molar-refractivity contribution >= 4 is 19.9 Å². The molecule has 2 fully saturated rings. The molecule has 1 saturated carbocycles. The van der Waals surface area contributed by atoms with Crippen molar-refractivity contribution in [1.82, 2.24) is 9.21 Å². The number of nitrogens with zero attached hydrogens (tertiary/aromatic N) is 2. The van der Waals surface area contributed by atoms with E-state index in [2.05, 4.69) is 4.90 Å². The van der Waals surface area contributed by atoms with Crippen molar-refractivity contribution in [2.24, 2.45) is 0 Å². The Morgan fingerprint density at radius 2 is 1.67 bits per heavy atom. The van der Waals surface area contributed by atoms with Gasteiger partial charge in [-0.2, -0.15) is 0 Å². The summed E-state index contributed by atoms with van der Waals surface area (Å²) in [6, 6.07) is 0.563. The first-order chi connectivity index (χ1) is 9.72. The van der Waals surface area contributed by atoms with Crippen molar-refractivity contribution < 1.29 is 16.8 Å². The summed E-state index contributed by atoms with van der Waals surface area (Å²) in [5, 5.41) is -0.760. The van der Waals surface area contributed by atoms with Crippen molar-refractivity contribution in [3.05, 3.63) is 0 Å². The molecule has 0 aromatic carbocycles. The summed E-state index contributed by atoms with van der Waals surface area (Å²) in [6.07, 6.45) is 5.11. The fraction of sp³-hybridized carbons (Fsp3) is 1.00. The zero-order valence-corrected chi connectivity index (χ0v) is 14.5. The predicted molar refractivity (Wildman–Crippen MR) is 83.5 cm³/mol. The fourth-order valence-corrected chi connectivity index (χ4v) is 7.47. The third-order valence-electron chi connectivity index (χ3n) is 4.76. The van der Waals surface area contributed by atoms with Crippen molar-refractivity contribution in [3.63, 3.8) is 0 Å². The second-order valence-corrected chi connectivity index (χ2v) is 10.9. The van der Waals surface area contributed by atoms with Gasteiger partial charge in [0.15, 0.2) is 9.84 Å². The maximum absolute atomic E-state index is 12.4. The van der Waals surface area contributed by atoms with Gasteiger partial charge in [0.2, 0.25) is 10.0 Å². The number of sulfonamides is 1. The molecule has 6 nitrogen and oxygen atoms in total. The van der Waals surface area contributed by atoms with Crippen molar-refractivity contribution in [3.8, 4) is 0 Å². The highest BCUT2D eigenvalue weighted by molar-refractivity contribution is 7.95. The number of hydrogen-bond acceptors (Lipinski definition) is 5. The first-order valence-electron chi connectivity index (χ1n) is 7.58. The number of sulfone groups is 1. The van der Waals surface area contributed by atoms with E-state index in [1.165, 1.54) is 30.0 Å². The van der Waals surface area contributed by atoms with Crippen LogP contribution in [0.1, 0.15) is 32.1 Å². The van der Waals surface area contributed by atoms with Gasteiger partial charge in [0.25, 0.3) is 0 Å². The minimum atomic E-state index is -3.50.